The number of carbonyl (C=O) groups is 1. The molecule has 1 saturated heterocycles. The second-order valence-corrected chi connectivity index (χ2v) is 10.0. The van der Waals surface area contributed by atoms with E-state index in [0.29, 0.717) is 18.3 Å². The number of likely N-dealkylation sites (N-methyl/N-ethyl adjacent to an activating group) is 1. The highest BCUT2D eigenvalue weighted by Gasteiger charge is 2.27. The first-order chi connectivity index (χ1) is 12.5. The van der Waals surface area contributed by atoms with Gasteiger partial charge in [-0.25, -0.2) is 13.7 Å². The number of urea groups is 1. The van der Waals surface area contributed by atoms with Gasteiger partial charge in [0.2, 0.25) is 0 Å². The maximum atomic E-state index is 12.9. The molecule has 26 heavy (non-hydrogen) atoms. The van der Waals surface area contributed by atoms with Gasteiger partial charge in [-0.3, -0.25) is 0 Å². The highest BCUT2D eigenvalue weighted by atomic mass is 32.2. The van der Waals surface area contributed by atoms with Gasteiger partial charge >= 0.3 is 6.03 Å². The molecule has 2 amide bonds. The molecule has 2 aliphatic carbocycles. The molecule has 2 unspecified atom stereocenters. The smallest absolute Gasteiger partial charge is 0.305 e. The minimum atomic E-state index is -2.67. The summed E-state index contributed by atoms with van der Waals surface area (Å²) in [6.45, 7) is 0.596. The van der Waals surface area contributed by atoms with Crippen LogP contribution in [0.5, 0.6) is 0 Å². The van der Waals surface area contributed by atoms with E-state index in [4.69, 9.17) is 0 Å². The number of amides is 2. The molecule has 1 heterocycles. The minimum Gasteiger partial charge on any atom is -0.305 e. The van der Waals surface area contributed by atoms with Crippen molar-refractivity contribution in [1.29, 1.82) is 0 Å². The fourth-order valence-electron chi connectivity index (χ4n) is 4.45. The molecule has 0 bridgehead atoms. The Morgan fingerprint density at radius 2 is 1.85 bits per heavy atom. The zero-order valence-corrected chi connectivity index (χ0v) is 16.5. The Bertz CT molecular complexity index is 809. The van der Waals surface area contributed by atoms with E-state index in [1.54, 1.807) is 0 Å². The minimum absolute atomic E-state index is 0.337. The van der Waals surface area contributed by atoms with Crippen LogP contribution in [0.25, 0.3) is 0 Å². The number of aryl methyl sites for hydroxylation is 2. The summed E-state index contributed by atoms with van der Waals surface area (Å²) in [4.78, 5) is 14.7. The Labute approximate surface area is 156 Å². The first-order valence-corrected chi connectivity index (χ1v) is 11.3. The maximum absolute atomic E-state index is 12.9. The van der Waals surface area contributed by atoms with Crippen LogP contribution in [0.15, 0.2) is 10.4 Å². The van der Waals surface area contributed by atoms with Crippen molar-refractivity contribution in [2.45, 2.75) is 51.0 Å². The van der Waals surface area contributed by atoms with Gasteiger partial charge in [0.1, 0.15) is 9.92 Å². The van der Waals surface area contributed by atoms with Crippen molar-refractivity contribution in [1.82, 2.24) is 9.62 Å². The maximum Gasteiger partial charge on any atom is 0.354 e. The van der Waals surface area contributed by atoms with E-state index in [-0.39, 0.29) is 0 Å². The summed E-state index contributed by atoms with van der Waals surface area (Å²) in [6.07, 6.45) is 7.27. The van der Waals surface area contributed by atoms with Gasteiger partial charge in [-0.05, 0) is 81.3 Å². The van der Waals surface area contributed by atoms with E-state index in [9.17, 15) is 9.00 Å². The van der Waals surface area contributed by atoms with E-state index < -0.39 is 15.9 Å². The van der Waals surface area contributed by atoms with Crippen molar-refractivity contribution in [3.63, 3.8) is 0 Å². The lowest BCUT2D eigenvalue weighted by Gasteiger charge is -2.30. The predicted octanol–water partition coefficient (Wildman–Crippen LogP) is 2.50. The van der Waals surface area contributed by atoms with Gasteiger partial charge in [0.15, 0.2) is 0 Å². The van der Waals surface area contributed by atoms with E-state index in [1.165, 1.54) is 22.3 Å². The van der Waals surface area contributed by atoms with Crippen LogP contribution in [0.2, 0.25) is 0 Å². The number of hydrogen-bond donors (Lipinski definition) is 2. The third kappa shape index (κ3) is 3.40. The van der Waals surface area contributed by atoms with Crippen LogP contribution in [0.3, 0.4) is 0 Å². The second-order valence-electron chi connectivity index (χ2n) is 7.85. The second kappa shape index (κ2) is 6.94. The molecule has 4 rings (SSSR count). The number of nitrogens with zero attached hydrogens (tertiary/aromatic N) is 2. The average Bonchev–Trinajstić information content (AvgIpc) is 3.23. The third-order valence-electron chi connectivity index (χ3n) is 5.94. The topological polar surface area (TPSA) is 73.8 Å². The lowest BCUT2D eigenvalue weighted by atomic mass is 9.99. The van der Waals surface area contributed by atoms with Crippen LogP contribution in [-0.4, -0.2) is 47.6 Å². The first kappa shape index (κ1) is 17.9. The summed E-state index contributed by atoms with van der Waals surface area (Å²) < 4.78 is 19.9. The van der Waals surface area contributed by atoms with E-state index in [1.807, 2.05) is 14.1 Å². The van der Waals surface area contributed by atoms with Crippen LogP contribution < -0.4 is 10.0 Å². The highest BCUT2D eigenvalue weighted by molar-refractivity contribution is 7.92. The summed E-state index contributed by atoms with van der Waals surface area (Å²) >= 11 is 0. The zero-order chi connectivity index (χ0) is 18.3. The van der Waals surface area contributed by atoms with E-state index >= 15 is 0 Å². The van der Waals surface area contributed by atoms with Crippen molar-refractivity contribution < 1.29 is 9.00 Å². The van der Waals surface area contributed by atoms with Gasteiger partial charge in [-0.2, -0.15) is 0 Å². The summed E-state index contributed by atoms with van der Waals surface area (Å²) in [7, 11) is 1.36. The van der Waals surface area contributed by atoms with Crippen molar-refractivity contribution in [2.75, 3.05) is 31.7 Å². The number of rotatable bonds is 2. The molecule has 3 aliphatic rings. The van der Waals surface area contributed by atoms with Crippen LogP contribution in [0, 0.1) is 0 Å². The summed E-state index contributed by atoms with van der Waals surface area (Å²) in [6, 6.07) is 2.20. The van der Waals surface area contributed by atoms with Crippen molar-refractivity contribution in [3.8, 4) is 0 Å². The normalized spacial score (nSPS) is 27.3. The summed E-state index contributed by atoms with van der Waals surface area (Å²) in [5, 5.41) is 3.01. The van der Waals surface area contributed by atoms with Gasteiger partial charge in [0.05, 0.1) is 0 Å². The molecule has 6 nitrogen and oxygen atoms in total. The Kier molecular flexibility index (Phi) is 4.79. The van der Waals surface area contributed by atoms with Crippen molar-refractivity contribution in [3.05, 3.63) is 28.3 Å². The number of carbonyl (C=O) groups excluding carboxylic acids is 1. The highest BCUT2D eigenvalue weighted by Crippen LogP contribution is 2.38. The fourth-order valence-corrected chi connectivity index (χ4v) is 6.10. The Balaban J connectivity index is 1.56. The number of hydrogen-bond acceptors (Lipinski definition) is 3. The van der Waals surface area contributed by atoms with Gasteiger partial charge in [0, 0.05) is 24.0 Å². The lowest BCUT2D eigenvalue weighted by Crippen LogP contribution is -2.47. The van der Waals surface area contributed by atoms with E-state index in [0.717, 1.165) is 50.6 Å². The largest absolute Gasteiger partial charge is 0.354 e. The molecule has 2 atom stereocenters. The Hall–Kier alpha value is -1.44. The monoisotopic (exact) mass is 376 g/mol. The molecule has 1 aromatic rings. The SMILES string of the molecule is CN(C)C1CCS(=O)(=NC(=O)Nc2c3c(cc4c2CCC4)CCC3)NC1. The van der Waals surface area contributed by atoms with Crippen LogP contribution in [-0.2, 0) is 35.6 Å². The van der Waals surface area contributed by atoms with Crippen LogP contribution >= 0.6 is 0 Å². The predicted molar refractivity (Wildman–Crippen MR) is 105 cm³/mol. The quantitative estimate of drug-likeness (QED) is 0.833. The molecular formula is C19H28N4O2S. The van der Waals surface area contributed by atoms with Crippen LogP contribution in [0.1, 0.15) is 41.5 Å². The number of benzene rings is 1. The Morgan fingerprint density at radius 3 is 2.38 bits per heavy atom. The first-order valence-electron chi connectivity index (χ1n) is 9.58. The Morgan fingerprint density at radius 1 is 1.19 bits per heavy atom. The van der Waals surface area contributed by atoms with Crippen molar-refractivity contribution >= 4 is 21.6 Å². The summed E-state index contributed by atoms with van der Waals surface area (Å²) in [5.74, 6) is 0.411. The standard InChI is InChI=1S/C19H28N4O2S/c1-23(2)15-9-10-26(25,20-12-15)22-19(24)21-18-16-7-3-5-13(16)11-14-6-4-8-17(14)18/h11,15H,3-10,12H2,1-2H3,(H2,20,21,22,24,25). The van der Waals surface area contributed by atoms with Gasteiger partial charge in [-0.15, -0.1) is 4.36 Å². The number of fused-ring (bicyclic) bond motifs is 2. The lowest BCUT2D eigenvalue weighted by molar-refractivity contribution is 0.259. The number of nitrogens with one attached hydrogen (secondary N) is 2. The molecule has 2 N–H and O–H groups in total. The summed E-state index contributed by atoms with van der Waals surface area (Å²) in [5.41, 5.74) is 6.25. The molecule has 1 aromatic carbocycles. The zero-order valence-electron chi connectivity index (χ0n) is 15.6. The molecule has 1 aliphatic heterocycles. The van der Waals surface area contributed by atoms with Gasteiger partial charge in [0.25, 0.3) is 0 Å². The number of anilines is 1. The molecule has 0 radical (unpaired) electrons. The van der Waals surface area contributed by atoms with Gasteiger partial charge < -0.3 is 10.2 Å². The molecule has 0 saturated carbocycles. The molecule has 0 aromatic heterocycles. The van der Waals surface area contributed by atoms with Crippen LogP contribution in [0.4, 0.5) is 10.5 Å². The van der Waals surface area contributed by atoms with E-state index in [2.05, 4.69) is 25.4 Å². The molecule has 7 heteroatoms. The molecule has 0 spiro atoms. The molecule has 142 valence electrons. The van der Waals surface area contributed by atoms with Gasteiger partial charge in [-0.1, -0.05) is 6.07 Å². The molecular weight excluding hydrogens is 348 g/mol. The molecule has 1 fully saturated rings. The average molecular weight is 377 g/mol. The fraction of sp³-hybridized carbons (Fsp3) is 0.632. The third-order valence-corrected chi connectivity index (χ3v) is 7.81. The van der Waals surface area contributed by atoms with Crippen molar-refractivity contribution in [2.24, 2.45) is 4.36 Å².